The number of fused-ring (bicyclic) bond motifs is 1. The number of benzene rings is 1. The van der Waals surface area contributed by atoms with Crippen LogP contribution in [-0.2, 0) is 13.0 Å². The summed E-state index contributed by atoms with van der Waals surface area (Å²) >= 11 is 0. The summed E-state index contributed by atoms with van der Waals surface area (Å²) in [4.78, 5) is 21.5. The van der Waals surface area contributed by atoms with Crippen LogP contribution in [0.25, 0.3) is 0 Å². The highest BCUT2D eigenvalue weighted by Gasteiger charge is 2.19. The SMILES string of the molecule is O=C(O)c1cncnc1CN1CCCCc2ccccc21. The number of aromatic carboxylic acids is 1. The standard InChI is InChI=1S/C16H17N3O2/c20-16(21)13-9-17-11-18-14(13)10-19-8-4-3-6-12-5-1-2-7-15(12)19/h1-2,5,7,9,11H,3-4,6,8,10H2,(H,20,21). The van der Waals surface area contributed by atoms with E-state index in [9.17, 15) is 9.90 Å². The monoisotopic (exact) mass is 283 g/mol. The van der Waals surface area contributed by atoms with Gasteiger partial charge in [-0.2, -0.15) is 0 Å². The van der Waals surface area contributed by atoms with Crippen molar-refractivity contribution in [3.63, 3.8) is 0 Å². The molecule has 2 aromatic rings. The number of carboxylic acids is 1. The first-order chi connectivity index (χ1) is 10.3. The quantitative estimate of drug-likeness (QED) is 0.937. The molecular weight excluding hydrogens is 266 g/mol. The summed E-state index contributed by atoms with van der Waals surface area (Å²) in [5, 5.41) is 9.25. The predicted molar refractivity (Wildman–Crippen MR) is 79.4 cm³/mol. The Labute approximate surface area is 123 Å². The second-order valence-electron chi connectivity index (χ2n) is 5.20. The lowest BCUT2D eigenvalue weighted by atomic mass is 10.1. The van der Waals surface area contributed by atoms with E-state index in [4.69, 9.17) is 0 Å². The average molecular weight is 283 g/mol. The van der Waals surface area contributed by atoms with Crippen molar-refractivity contribution in [3.05, 3.63) is 53.6 Å². The Morgan fingerprint density at radius 3 is 3.00 bits per heavy atom. The van der Waals surface area contributed by atoms with Crippen molar-refractivity contribution in [1.82, 2.24) is 9.97 Å². The van der Waals surface area contributed by atoms with Crippen LogP contribution in [0, 0.1) is 0 Å². The van der Waals surface area contributed by atoms with E-state index in [2.05, 4.69) is 33.1 Å². The molecule has 0 radical (unpaired) electrons. The Hall–Kier alpha value is -2.43. The number of nitrogens with zero attached hydrogens (tertiary/aromatic N) is 3. The van der Waals surface area contributed by atoms with Gasteiger partial charge in [-0.3, -0.25) is 0 Å². The average Bonchev–Trinajstić information content (AvgIpc) is 2.70. The Balaban J connectivity index is 1.93. The van der Waals surface area contributed by atoms with Crippen LogP contribution in [0.5, 0.6) is 0 Å². The largest absolute Gasteiger partial charge is 0.478 e. The molecule has 0 saturated carbocycles. The Bertz CT molecular complexity index is 657. The minimum absolute atomic E-state index is 0.180. The number of anilines is 1. The number of aryl methyl sites for hydroxylation is 1. The minimum atomic E-state index is -0.978. The molecule has 5 nitrogen and oxygen atoms in total. The molecule has 0 bridgehead atoms. The van der Waals surface area contributed by atoms with Crippen molar-refractivity contribution in [3.8, 4) is 0 Å². The third-order valence-corrected chi connectivity index (χ3v) is 3.82. The van der Waals surface area contributed by atoms with Gasteiger partial charge in [-0.15, -0.1) is 0 Å². The summed E-state index contributed by atoms with van der Waals surface area (Å²) < 4.78 is 0. The van der Waals surface area contributed by atoms with E-state index in [0.29, 0.717) is 12.2 Å². The molecule has 0 saturated heterocycles. The summed E-state index contributed by atoms with van der Waals surface area (Å²) in [6.07, 6.45) is 6.10. The molecule has 1 aliphatic heterocycles. The second-order valence-corrected chi connectivity index (χ2v) is 5.20. The van der Waals surface area contributed by atoms with Gasteiger partial charge in [0.2, 0.25) is 0 Å². The number of carbonyl (C=O) groups is 1. The van der Waals surface area contributed by atoms with E-state index < -0.39 is 5.97 Å². The van der Waals surface area contributed by atoms with Crippen LogP contribution < -0.4 is 4.90 Å². The van der Waals surface area contributed by atoms with Gasteiger partial charge < -0.3 is 10.0 Å². The lowest BCUT2D eigenvalue weighted by molar-refractivity contribution is 0.0694. The summed E-state index contributed by atoms with van der Waals surface area (Å²) in [6, 6.07) is 8.32. The van der Waals surface area contributed by atoms with Gasteiger partial charge in [-0.25, -0.2) is 14.8 Å². The molecule has 0 aliphatic carbocycles. The predicted octanol–water partition coefficient (Wildman–Crippen LogP) is 2.52. The zero-order valence-electron chi connectivity index (χ0n) is 11.7. The molecule has 0 fully saturated rings. The topological polar surface area (TPSA) is 66.3 Å². The fourth-order valence-corrected chi connectivity index (χ4v) is 2.77. The summed E-state index contributed by atoms with van der Waals surface area (Å²) in [6.45, 7) is 1.42. The molecule has 0 unspecified atom stereocenters. The molecule has 0 amide bonds. The minimum Gasteiger partial charge on any atom is -0.478 e. The van der Waals surface area contributed by atoms with E-state index in [1.807, 2.05) is 6.07 Å². The second kappa shape index (κ2) is 5.91. The first kappa shape index (κ1) is 13.5. The molecule has 0 atom stereocenters. The number of rotatable bonds is 3. The molecule has 1 aliphatic rings. The molecule has 0 spiro atoms. The molecule has 5 heteroatoms. The van der Waals surface area contributed by atoms with Gasteiger partial charge >= 0.3 is 5.97 Å². The van der Waals surface area contributed by atoms with Crippen LogP contribution in [0.15, 0.2) is 36.8 Å². The van der Waals surface area contributed by atoms with Gasteiger partial charge in [0.1, 0.15) is 11.9 Å². The van der Waals surface area contributed by atoms with E-state index in [-0.39, 0.29) is 5.56 Å². The maximum Gasteiger partial charge on any atom is 0.339 e. The van der Waals surface area contributed by atoms with Crippen molar-refractivity contribution >= 4 is 11.7 Å². The number of para-hydroxylation sites is 1. The van der Waals surface area contributed by atoms with Crippen LogP contribution in [0.3, 0.4) is 0 Å². The smallest absolute Gasteiger partial charge is 0.339 e. The van der Waals surface area contributed by atoms with Crippen LogP contribution in [0.2, 0.25) is 0 Å². The molecule has 1 N–H and O–H groups in total. The highest BCUT2D eigenvalue weighted by atomic mass is 16.4. The van der Waals surface area contributed by atoms with Crippen molar-refractivity contribution in [1.29, 1.82) is 0 Å². The molecule has 21 heavy (non-hydrogen) atoms. The number of carboxylic acid groups (broad SMARTS) is 1. The lowest BCUT2D eigenvalue weighted by Crippen LogP contribution is -2.25. The van der Waals surface area contributed by atoms with Crippen LogP contribution >= 0.6 is 0 Å². The first-order valence-electron chi connectivity index (χ1n) is 7.11. The third-order valence-electron chi connectivity index (χ3n) is 3.82. The van der Waals surface area contributed by atoms with E-state index in [1.165, 1.54) is 23.8 Å². The van der Waals surface area contributed by atoms with E-state index in [0.717, 1.165) is 25.8 Å². The zero-order chi connectivity index (χ0) is 14.7. The van der Waals surface area contributed by atoms with Gasteiger partial charge in [0, 0.05) is 18.4 Å². The fraction of sp³-hybridized carbons (Fsp3) is 0.312. The van der Waals surface area contributed by atoms with Crippen LogP contribution in [0.1, 0.15) is 34.5 Å². The molecule has 1 aromatic carbocycles. The summed E-state index contributed by atoms with van der Waals surface area (Å²) in [7, 11) is 0. The van der Waals surface area contributed by atoms with Crippen LogP contribution in [0.4, 0.5) is 5.69 Å². The van der Waals surface area contributed by atoms with Crippen molar-refractivity contribution < 1.29 is 9.90 Å². The molecule has 3 rings (SSSR count). The normalized spacial score (nSPS) is 14.4. The van der Waals surface area contributed by atoms with Gasteiger partial charge in [0.15, 0.2) is 0 Å². The molecular formula is C16H17N3O2. The van der Waals surface area contributed by atoms with Gasteiger partial charge in [0.25, 0.3) is 0 Å². The Morgan fingerprint density at radius 2 is 2.14 bits per heavy atom. The van der Waals surface area contributed by atoms with Crippen molar-refractivity contribution in [2.45, 2.75) is 25.8 Å². The zero-order valence-corrected chi connectivity index (χ0v) is 11.7. The summed E-state index contributed by atoms with van der Waals surface area (Å²) in [5.41, 5.74) is 3.25. The van der Waals surface area contributed by atoms with Gasteiger partial charge in [0.05, 0.1) is 12.2 Å². The van der Waals surface area contributed by atoms with E-state index >= 15 is 0 Å². The van der Waals surface area contributed by atoms with Crippen molar-refractivity contribution in [2.75, 3.05) is 11.4 Å². The Morgan fingerprint density at radius 1 is 1.29 bits per heavy atom. The molecule has 1 aromatic heterocycles. The third kappa shape index (κ3) is 2.86. The molecule has 108 valence electrons. The number of aromatic nitrogens is 2. The molecule has 2 heterocycles. The number of hydrogen-bond donors (Lipinski definition) is 1. The number of hydrogen-bond acceptors (Lipinski definition) is 4. The maximum absolute atomic E-state index is 11.3. The van der Waals surface area contributed by atoms with Gasteiger partial charge in [-0.1, -0.05) is 18.2 Å². The Kier molecular flexibility index (Phi) is 3.81. The van der Waals surface area contributed by atoms with Gasteiger partial charge in [-0.05, 0) is 30.9 Å². The summed E-state index contributed by atoms with van der Waals surface area (Å²) in [5.74, 6) is -0.978. The maximum atomic E-state index is 11.3. The van der Waals surface area contributed by atoms with Crippen LogP contribution in [-0.4, -0.2) is 27.6 Å². The lowest BCUT2D eigenvalue weighted by Gasteiger charge is -2.25. The highest BCUT2D eigenvalue weighted by molar-refractivity contribution is 5.88. The van der Waals surface area contributed by atoms with Crippen molar-refractivity contribution in [2.24, 2.45) is 0 Å². The highest BCUT2D eigenvalue weighted by Crippen LogP contribution is 2.27. The van der Waals surface area contributed by atoms with E-state index in [1.54, 1.807) is 0 Å². The first-order valence-corrected chi connectivity index (χ1v) is 7.11. The fourth-order valence-electron chi connectivity index (χ4n) is 2.77.